The predicted molar refractivity (Wildman–Crippen MR) is 45.0 cm³/mol. The van der Waals surface area contributed by atoms with Crippen molar-refractivity contribution in [1.82, 2.24) is 5.32 Å². The summed E-state index contributed by atoms with van der Waals surface area (Å²) in [6.45, 7) is 0.722. The van der Waals surface area contributed by atoms with Crippen molar-refractivity contribution in [3.05, 3.63) is 0 Å². The Bertz CT molecular complexity index is 171. The summed E-state index contributed by atoms with van der Waals surface area (Å²) in [5, 5.41) is 18.0. The fraction of sp³-hybridized carbons (Fsp3) is 0.667. The third-order valence-corrected chi connectivity index (χ3v) is 1.26. The van der Waals surface area contributed by atoms with Gasteiger partial charge in [-0.25, -0.2) is 0 Å². The first kappa shape index (κ1) is 10.9. The number of aliphatic carboxylic acids is 1. The van der Waals surface area contributed by atoms with E-state index in [0.29, 0.717) is 13.0 Å². The predicted octanol–water partition coefficient (Wildman–Crippen LogP) is -1.69. The molecule has 0 bridgehead atoms. The van der Waals surface area contributed by atoms with Gasteiger partial charge in [-0.15, -0.1) is 0 Å². The second-order valence-electron chi connectivity index (χ2n) is 2.44. The lowest BCUT2D eigenvalue weighted by Crippen LogP contribution is -2.36. The van der Waals surface area contributed by atoms with E-state index in [9.17, 15) is 4.79 Å². The van der Waals surface area contributed by atoms with E-state index < -0.39 is 12.0 Å². The molecule has 0 aliphatic carbocycles. The fourth-order valence-corrected chi connectivity index (χ4v) is 0.604. The molecule has 7 N–H and O–H groups in total. The van der Waals surface area contributed by atoms with Crippen molar-refractivity contribution in [1.29, 1.82) is 5.41 Å². The van der Waals surface area contributed by atoms with E-state index in [1.54, 1.807) is 0 Å². The highest BCUT2D eigenvalue weighted by Crippen LogP contribution is 1.84. The number of amidine groups is 1. The molecule has 1 atom stereocenters. The Hall–Kier alpha value is -1.14. The van der Waals surface area contributed by atoms with Gasteiger partial charge in [0.1, 0.15) is 11.9 Å². The van der Waals surface area contributed by atoms with E-state index in [0.717, 1.165) is 0 Å². The molecule has 0 spiro atoms. The second kappa shape index (κ2) is 5.50. The molecule has 0 aromatic rings. The summed E-state index contributed by atoms with van der Waals surface area (Å²) in [6, 6.07) is -0.843. The monoisotopic (exact) mass is 174 g/mol. The lowest BCUT2D eigenvalue weighted by Gasteiger charge is -2.06. The standard InChI is InChI=1S/C6H14N4O2/c7-4(6(11)12)1-2-10-3-5(8)9/h4,10H,1-3,7H2,(H3,8,9)(H,11,12). The molecule has 0 aromatic carbocycles. The van der Waals surface area contributed by atoms with Crippen LogP contribution < -0.4 is 16.8 Å². The Morgan fingerprint density at radius 1 is 1.67 bits per heavy atom. The van der Waals surface area contributed by atoms with E-state index in [-0.39, 0.29) is 12.4 Å². The number of rotatable bonds is 6. The van der Waals surface area contributed by atoms with Gasteiger partial charge in [0.25, 0.3) is 0 Å². The van der Waals surface area contributed by atoms with Gasteiger partial charge in [0.05, 0.1) is 6.54 Å². The number of carbonyl (C=O) groups is 1. The lowest BCUT2D eigenvalue weighted by atomic mass is 10.2. The lowest BCUT2D eigenvalue weighted by molar-refractivity contribution is -0.138. The highest BCUT2D eigenvalue weighted by Gasteiger charge is 2.09. The molecule has 0 saturated carbocycles. The Balaban J connectivity index is 3.31. The summed E-state index contributed by atoms with van der Waals surface area (Å²) in [5.41, 5.74) is 10.3. The van der Waals surface area contributed by atoms with Crippen molar-refractivity contribution < 1.29 is 9.90 Å². The molecule has 0 rings (SSSR count). The van der Waals surface area contributed by atoms with Crippen molar-refractivity contribution in [2.24, 2.45) is 11.5 Å². The SMILES string of the molecule is N=C(N)CNCCC(N)C(=O)O. The maximum absolute atomic E-state index is 10.2. The third-order valence-electron chi connectivity index (χ3n) is 1.26. The number of nitrogens with two attached hydrogens (primary N) is 2. The normalized spacial score (nSPS) is 12.4. The largest absolute Gasteiger partial charge is 0.480 e. The average molecular weight is 174 g/mol. The first-order chi connectivity index (χ1) is 5.54. The van der Waals surface area contributed by atoms with E-state index in [2.05, 4.69) is 5.32 Å². The van der Waals surface area contributed by atoms with E-state index in [1.165, 1.54) is 0 Å². The Morgan fingerprint density at radius 2 is 2.25 bits per heavy atom. The van der Waals surface area contributed by atoms with Crippen LogP contribution in [-0.4, -0.2) is 36.0 Å². The van der Waals surface area contributed by atoms with Crippen LogP contribution in [0.2, 0.25) is 0 Å². The third kappa shape index (κ3) is 5.63. The Labute approximate surface area is 70.4 Å². The minimum atomic E-state index is -1.01. The van der Waals surface area contributed by atoms with Crippen LogP contribution in [0, 0.1) is 5.41 Å². The molecule has 0 amide bonds. The molecule has 0 aromatic heterocycles. The smallest absolute Gasteiger partial charge is 0.320 e. The van der Waals surface area contributed by atoms with Gasteiger partial charge < -0.3 is 21.9 Å². The number of nitrogens with one attached hydrogen (secondary N) is 2. The van der Waals surface area contributed by atoms with Gasteiger partial charge in [0, 0.05) is 0 Å². The molecule has 0 radical (unpaired) electrons. The van der Waals surface area contributed by atoms with Crippen LogP contribution in [0.1, 0.15) is 6.42 Å². The number of hydrogen-bond acceptors (Lipinski definition) is 4. The number of carboxylic acids is 1. The van der Waals surface area contributed by atoms with Crippen molar-refractivity contribution in [3.63, 3.8) is 0 Å². The van der Waals surface area contributed by atoms with E-state index >= 15 is 0 Å². The van der Waals surface area contributed by atoms with Crippen LogP contribution in [0.25, 0.3) is 0 Å². The minimum Gasteiger partial charge on any atom is -0.480 e. The quantitative estimate of drug-likeness (QED) is 0.187. The first-order valence-electron chi connectivity index (χ1n) is 3.56. The Morgan fingerprint density at radius 3 is 2.67 bits per heavy atom. The van der Waals surface area contributed by atoms with Crippen LogP contribution in [0.15, 0.2) is 0 Å². The summed E-state index contributed by atoms with van der Waals surface area (Å²) in [7, 11) is 0. The van der Waals surface area contributed by atoms with Crippen LogP contribution in [0.3, 0.4) is 0 Å². The summed E-state index contributed by atoms with van der Waals surface area (Å²) >= 11 is 0. The highest BCUT2D eigenvalue weighted by atomic mass is 16.4. The summed E-state index contributed by atoms with van der Waals surface area (Å²) in [6.07, 6.45) is 0.336. The molecule has 0 heterocycles. The maximum Gasteiger partial charge on any atom is 0.320 e. The molecule has 6 nitrogen and oxygen atoms in total. The zero-order valence-corrected chi connectivity index (χ0v) is 6.71. The van der Waals surface area contributed by atoms with Crippen LogP contribution in [-0.2, 0) is 4.79 Å². The number of hydrogen-bond donors (Lipinski definition) is 5. The first-order valence-corrected chi connectivity index (χ1v) is 3.56. The second-order valence-corrected chi connectivity index (χ2v) is 2.44. The van der Waals surface area contributed by atoms with Gasteiger partial charge in [-0.05, 0) is 13.0 Å². The zero-order valence-electron chi connectivity index (χ0n) is 6.71. The van der Waals surface area contributed by atoms with Crippen molar-refractivity contribution >= 4 is 11.8 Å². The van der Waals surface area contributed by atoms with Gasteiger partial charge in [-0.3, -0.25) is 10.2 Å². The summed E-state index contributed by atoms with van der Waals surface area (Å²) in [5.74, 6) is -0.987. The van der Waals surface area contributed by atoms with Crippen molar-refractivity contribution in [3.8, 4) is 0 Å². The summed E-state index contributed by atoms with van der Waals surface area (Å²) in [4.78, 5) is 10.2. The molecule has 0 aliphatic rings. The van der Waals surface area contributed by atoms with Crippen molar-refractivity contribution in [2.45, 2.75) is 12.5 Å². The van der Waals surface area contributed by atoms with Gasteiger partial charge in [0.15, 0.2) is 0 Å². The highest BCUT2D eigenvalue weighted by molar-refractivity contribution is 5.78. The van der Waals surface area contributed by atoms with Gasteiger partial charge in [-0.2, -0.15) is 0 Å². The van der Waals surface area contributed by atoms with Crippen LogP contribution in [0.4, 0.5) is 0 Å². The molecule has 0 saturated heterocycles. The van der Waals surface area contributed by atoms with Gasteiger partial charge >= 0.3 is 5.97 Å². The number of carboxylic acid groups (broad SMARTS) is 1. The van der Waals surface area contributed by atoms with Gasteiger partial charge in [0.2, 0.25) is 0 Å². The molecule has 70 valence electrons. The fourth-order valence-electron chi connectivity index (χ4n) is 0.604. The molecule has 0 fully saturated rings. The molecule has 12 heavy (non-hydrogen) atoms. The van der Waals surface area contributed by atoms with Crippen molar-refractivity contribution in [2.75, 3.05) is 13.1 Å². The zero-order chi connectivity index (χ0) is 9.56. The van der Waals surface area contributed by atoms with Crippen LogP contribution >= 0.6 is 0 Å². The molecule has 1 unspecified atom stereocenters. The van der Waals surface area contributed by atoms with Crippen LogP contribution in [0.5, 0.6) is 0 Å². The Kier molecular flexibility index (Phi) is 4.98. The summed E-state index contributed by atoms with van der Waals surface area (Å²) < 4.78 is 0. The molecular weight excluding hydrogens is 160 g/mol. The van der Waals surface area contributed by atoms with E-state index in [4.69, 9.17) is 22.0 Å². The minimum absolute atomic E-state index is 0.0268. The van der Waals surface area contributed by atoms with Gasteiger partial charge in [-0.1, -0.05) is 0 Å². The molecule has 0 aliphatic heterocycles. The maximum atomic E-state index is 10.2. The van der Waals surface area contributed by atoms with E-state index in [1.807, 2.05) is 0 Å². The topological polar surface area (TPSA) is 125 Å². The molecule has 6 heteroatoms. The molecular formula is C6H14N4O2. The average Bonchev–Trinajstić information content (AvgIpc) is 1.97.